The second-order valence-corrected chi connectivity index (χ2v) is 5.68. The Labute approximate surface area is 170 Å². The van der Waals surface area contributed by atoms with Crippen molar-refractivity contribution >= 4 is 29.9 Å². The zero-order valence-electron chi connectivity index (χ0n) is 15.5. The summed E-state index contributed by atoms with van der Waals surface area (Å²) in [5, 5.41) is 14.5. The number of hydrogen-bond acceptors (Lipinski definition) is 4. The molecule has 26 heavy (non-hydrogen) atoms. The SMILES string of the molecule is CCNC(=NCc1nnc(C)n1C)NCC(C)Oc1ccc(F)cc1.I. The van der Waals surface area contributed by atoms with Gasteiger partial charge in [-0.05, 0) is 45.0 Å². The van der Waals surface area contributed by atoms with Gasteiger partial charge in [0, 0.05) is 13.6 Å². The quantitative estimate of drug-likeness (QED) is 0.365. The van der Waals surface area contributed by atoms with Gasteiger partial charge in [-0.3, -0.25) is 0 Å². The highest BCUT2D eigenvalue weighted by Gasteiger charge is 2.08. The van der Waals surface area contributed by atoms with Crippen molar-refractivity contribution in [3.8, 4) is 5.75 Å². The van der Waals surface area contributed by atoms with E-state index in [1.165, 1.54) is 12.1 Å². The van der Waals surface area contributed by atoms with Crippen molar-refractivity contribution in [2.45, 2.75) is 33.4 Å². The Morgan fingerprint density at radius 3 is 2.54 bits per heavy atom. The van der Waals surface area contributed by atoms with Crippen LogP contribution in [0.4, 0.5) is 4.39 Å². The van der Waals surface area contributed by atoms with Gasteiger partial charge < -0.3 is 19.9 Å². The van der Waals surface area contributed by atoms with E-state index in [9.17, 15) is 4.39 Å². The van der Waals surface area contributed by atoms with Gasteiger partial charge in [0.05, 0.1) is 6.54 Å². The molecule has 144 valence electrons. The number of ether oxygens (including phenoxy) is 1. The topological polar surface area (TPSA) is 76.4 Å². The van der Waals surface area contributed by atoms with Crippen LogP contribution >= 0.6 is 24.0 Å². The van der Waals surface area contributed by atoms with Gasteiger partial charge in [0.25, 0.3) is 0 Å². The average Bonchev–Trinajstić information content (AvgIpc) is 2.91. The van der Waals surface area contributed by atoms with Crippen LogP contribution in [0.3, 0.4) is 0 Å². The molecule has 0 radical (unpaired) electrons. The molecule has 9 heteroatoms. The third-order valence-corrected chi connectivity index (χ3v) is 3.61. The predicted octanol–water partition coefficient (Wildman–Crippen LogP) is 2.40. The fourth-order valence-electron chi connectivity index (χ4n) is 2.11. The van der Waals surface area contributed by atoms with Crippen LogP contribution in [0.5, 0.6) is 5.75 Å². The van der Waals surface area contributed by atoms with Crippen molar-refractivity contribution in [3.63, 3.8) is 0 Å². The molecule has 0 bridgehead atoms. The highest BCUT2D eigenvalue weighted by atomic mass is 127. The number of hydrogen-bond donors (Lipinski definition) is 2. The number of nitrogens with one attached hydrogen (secondary N) is 2. The molecule has 1 unspecified atom stereocenters. The molecule has 2 aromatic rings. The van der Waals surface area contributed by atoms with E-state index in [0.29, 0.717) is 24.8 Å². The van der Waals surface area contributed by atoms with Gasteiger partial charge in [-0.1, -0.05) is 0 Å². The molecule has 0 aliphatic carbocycles. The summed E-state index contributed by atoms with van der Waals surface area (Å²) in [6.07, 6.45) is -0.105. The van der Waals surface area contributed by atoms with Gasteiger partial charge in [-0.2, -0.15) is 0 Å². The summed E-state index contributed by atoms with van der Waals surface area (Å²) in [5.74, 6) is 2.68. The molecule has 0 spiro atoms. The Bertz CT molecular complexity index is 704. The van der Waals surface area contributed by atoms with E-state index in [-0.39, 0.29) is 35.9 Å². The van der Waals surface area contributed by atoms with Gasteiger partial charge >= 0.3 is 0 Å². The van der Waals surface area contributed by atoms with E-state index >= 15 is 0 Å². The third kappa shape index (κ3) is 6.77. The van der Waals surface area contributed by atoms with E-state index < -0.39 is 0 Å². The minimum Gasteiger partial charge on any atom is -0.489 e. The lowest BCUT2D eigenvalue weighted by atomic mass is 10.3. The van der Waals surface area contributed by atoms with Crippen LogP contribution < -0.4 is 15.4 Å². The van der Waals surface area contributed by atoms with Crippen LogP contribution in [0.1, 0.15) is 25.5 Å². The summed E-state index contributed by atoms with van der Waals surface area (Å²) in [7, 11) is 1.92. The van der Waals surface area contributed by atoms with Crippen molar-refractivity contribution in [2.24, 2.45) is 12.0 Å². The number of aryl methyl sites for hydroxylation is 1. The van der Waals surface area contributed by atoms with Gasteiger partial charge in [0.2, 0.25) is 0 Å². The van der Waals surface area contributed by atoms with E-state index in [4.69, 9.17) is 4.74 Å². The minimum absolute atomic E-state index is 0. The molecule has 2 rings (SSSR count). The fraction of sp³-hybridized carbons (Fsp3) is 0.471. The number of rotatable bonds is 7. The fourth-order valence-corrected chi connectivity index (χ4v) is 2.11. The zero-order chi connectivity index (χ0) is 18.2. The molecule has 0 aliphatic rings. The lowest BCUT2D eigenvalue weighted by Gasteiger charge is -2.17. The molecule has 1 aromatic carbocycles. The van der Waals surface area contributed by atoms with Gasteiger partial charge in [-0.25, -0.2) is 9.38 Å². The zero-order valence-corrected chi connectivity index (χ0v) is 17.8. The van der Waals surface area contributed by atoms with Crippen LogP contribution in [0, 0.1) is 12.7 Å². The number of aliphatic imine (C=N–C) groups is 1. The molecule has 0 aliphatic heterocycles. The van der Waals surface area contributed by atoms with Crippen LogP contribution in [0.15, 0.2) is 29.3 Å². The van der Waals surface area contributed by atoms with Crippen LogP contribution in [-0.2, 0) is 13.6 Å². The molecule has 2 N–H and O–H groups in total. The molecule has 0 fully saturated rings. The molecule has 0 amide bonds. The van der Waals surface area contributed by atoms with E-state index in [1.807, 2.05) is 32.4 Å². The second-order valence-electron chi connectivity index (χ2n) is 5.68. The van der Waals surface area contributed by atoms with Crippen molar-refractivity contribution in [1.82, 2.24) is 25.4 Å². The first-order valence-electron chi connectivity index (χ1n) is 8.29. The Balaban J connectivity index is 0.00000338. The van der Waals surface area contributed by atoms with Crippen molar-refractivity contribution in [2.75, 3.05) is 13.1 Å². The van der Waals surface area contributed by atoms with Crippen LogP contribution in [0.2, 0.25) is 0 Å². The summed E-state index contributed by atoms with van der Waals surface area (Å²) in [5.41, 5.74) is 0. The molecular formula is C17H26FIN6O. The average molecular weight is 476 g/mol. The van der Waals surface area contributed by atoms with E-state index in [2.05, 4.69) is 25.8 Å². The molecule has 1 heterocycles. The normalized spacial score (nSPS) is 12.3. The van der Waals surface area contributed by atoms with Crippen molar-refractivity contribution < 1.29 is 9.13 Å². The monoisotopic (exact) mass is 476 g/mol. The largest absolute Gasteiger partial charge is 0.489 e. The van der Waals surface area contributed by atoms with E-state index in [0.717, 1.165) is 18.2 Å². The van der Waals surface area contributed by atoms with Gasteiger partial charge in [0.15, 0.2) is 11.8 Å². The van der Waals surface area contributed by atoms with Crippen molar-refractivity contribution in [3.05, 3.63) is 41.7 Å². The number of guanidine groups is 1. The predicted molar refractivity (Wildman–Crippen MR) is 110 cm³/mol. The molecular weight excluding hydrogens is 450 g/mol. The number of benzene rings is 1. The first-order valence-corrected chi connectivity index (χ1v) is 8.29. The maximum Gasteiger partial charge on any atom is 0.191 e. The number of nitrogens with zero attached hydrogens (tertiary/aromatic N) is 4. The highest BCUT2D eigenvalue weighted by Crippen LogP contribution is 2.12. The molecule has 0 saturated carbocycles. The Hall–Kier alpha value is -1.91. The Morgan fingerprint density at radius 1 is 1.27 bits per heavy atom. The summed E-state index contributed by atoms with van der Waals surface area (Å²) >= 11 is 0. The summed E-state index contributed by atoms with van der Waals surface area (Å²) in [6.45, 7) is 7.57. The van der Waals surface area contributed by atoms with Crippen LogP contribution in [0.25, 0.3) is 0 Å². The Morgan fingerprint density at radius 2 is 1.96 bits per heavy atom. The maximum absolute atomic E-state index is 12.9. The third-order valence-electron chi connectivity index (χ3n) is 3.61. The minimum atomic E-state index is -0.279. The summed E-state index contributed by atoms with van der Waals surface area (Å²) in [6, 6.07) is 5.98. The first-order chi connectivity index (χ1) is 12.0. The summed E-state index contributed by atoms with van der Waals surface area (Å²) in [4.78, 5) is 4.51. The van der Waals surface area contributed by atoms with Crippen molar-refractivity contribution in [1.29, 1.82) is 0 Å². The summed E-state index contributed by atoms with van der Waals surface area (Å²) < 4.78 is 20.6. The Kier molecular flexibility index (Phi) is 9.31. The molecule has 1 aromatic heterocycles. The molecule has 1 atom stereocenters. The second kappa shape index (κ2) is 10.9. The molecule has 0 saturated heterocycles. The lowest BCUT2D eigenvalue weighted by molar-refractivity contribution is 0.223. The maximum atomic E-state index is 12.9. The molecule has 7 nitrogen and oxygen atoms in total. The highest BCUT2D eigenvalue weighted by molar-refractivity contribution is 14.0. The number of aromatic nitrogens is 3. The smallest absolute Gasteiger partial charge is 0.191 e. The standard InChI is InChI=1S/C17H25FN6O.HI/c1-5-19-17(21-11-16-23-22-13(3)24(16)4)20-10-12(2)25-15-8-6-14(18)7-9-15;/h6-9,12H,5,10-11H2,1-4H3,(H2,19,20,21);1H. The first kappa shape index (κ1) is 22.1. The number of halogens is 2. The van der Waals surface area contributed by atoms with E-state index in [1.54, 1.807) is 12.1 Å². The van der Waals surface area contributed by atoms with Crippen LogP contribution in [-0.4, -0.2) is 39.9 Å². The van der Waals surface area contributed by atoms with Gasteiger partial charge in [0.1, 0.15) is 30.0 Å². The van der Waals surface area contributed by atoms with Gasteiger partial charge in [-0.15, -0.1) is 34.2 Å². The lowest BCUT2D eigenvalue weighted by Crippen LogP contribution is -2.41.